The first-order valence-corrected chi connectivity index (χ1v) is 13.3. The molecule has 0 radical (unpaired) electrons. The predicted molar refractivity (Wildman–Crippen MR) is 147 cm³/mol. The van der Waals surface area contributed by atoms with Gasteiger partial charge in [0.1, 0.15) is 16.8 Å². The Bertz CT molecular complexity index is 1200. The molecule has 10 nitrogen and oxygen atoms in total. The first-order chi connectivity index (χ1) is 17.9. The van der Waals surface area contributed by atoms with Crippen LogP contribution in [0.25, 0.3) is 11.0 Å². The van der Waals surface area contributed by atoms with Gasteiger partial charge in [0.2, 0.25) is 11.9 Å². The summed E-state index contributed by atoms with van der Waals surface area (Å²) in [6.07, 6.45) is 4.48. The normalized spacial score (nSPS) is 14.5. The Kier molecular flexibility index (Phi) is 8.81. The maximum Gasteiger partial charge on any atom is 0.222 e. The maximum atomic E-state index is 12.4. The smallest absolute Gasteiger partial charge is 0.222 e. The largest absolute Gasteiger partial charge is 0.496 e. The van der Waals surface area contributed by atoms with Gasteiger partial charge < -0.3 is 20.7 Å². The zero-order valence-electron chi connectivity index (χ0n) is 22.5. The Morgan fingerprint density at radius 3 is 2.65 bits per heavy atom. The Morgan fingerprint density at radius 1 is 1.16 bits per heavy atom. The molecule has 0 spiro atoms. The van der Waals surface area contributed by atoms with Gasteiger partial charge in [0, 0.05) is 51.3 Å². The summed E-state index contributed by atoms with van der Waals surface area (Å²) in [5.74, 6) is 2.42. The van der Waals surface area contributed by atoms with Crippen molar-refractivity contribution >= 4 is 28.7 Å². The van der Waals surface area contributed by atoms with Crippen molar-refractivity contribution in [3.63, 3.8) is 0 Å². The van der Waals surface area contributed by atoms with Gasteiger partial charge >= 0.3 is 0 Å². The van der Waals surface area contributed by atoms with Crippen LogP contribution in [0.5, 0.6) is 5.75 Å². The van der Waals surface area contributed by atoms with Crippen LogP contribution in [0.4, 0.5) is 11.8 Å². The van der Waals surface area contributed by atoms with E-state index in [2.05, 4.69) is 64.3 Å². The van der Waals surface area contributed by atoms with Gasteiger partial charge in [0.15, 0.2) is 5.82 Å². The van der Waals surface area contributed by atoms with E-state index in [9.17, 15) is 4.79 Å². The molecule has 0 bridgehead atoms. The van der Waals surface area contributed by atoms with Gasteiger partial charge in [-0.05, 0) is 24.0 Å². The van der Waals surface area contributed by atoms with Crippen molar-refractivity contribution in [2.75, 3.05) is 50.9 Å². The number of aromatic nitrogens is 4. The molecule has 1 aromatic carbocycles. The summed E-state index contributed by atoms with van der Waals surface area (Å²) in [7, 11) is 1.70. The quantitative estimate of drug-likeness (QED) is 0.379. The topological polar surface area (TPSA) is 114 Å². The van der Waals surface area contributed by atoms with Crippen LogP contribution >= 0.6 is 0 Å². The molecule has 37 heavy (non-hydrogen) atoms. The molecule has 200 valence electrons. The van der Waals surface area contributed by atoms with Gasteiger partial charge in [-0.1, -0.05) is 39.3 Å². The molecule has 0 atom stereocenters. The fourth-order valence-electron chi connectivity index (χ4n) is 4.71. The van der Waals surface area contributed by atoms with E-state index in [-0.39, 0.29) is 11.9 Å². The van der Waals surface area contributed by atoms with Crippen molar-refractivity contribution in [3.05, 3.63) is 35.5 Å². The second kappa shape index (κ2) is 12.2. The van der Waals surface area contributed by atoms with E-state index >= 15 is 0 Å². The zero-order chi connectivity index (χ0) is 26.4. The molecular weight excluding hydrogens is 468 g/mol. The summed E-state index contributed by atoms with van der Waals surface area (Å²) in [6.45, 7) is 11.8. The number of carbonyl (C=O) groups is 1. The molecule has 1 fully saturated rings. The van der Waals surface area contributed by atoms with Crippen LogP contribution in [-0.4, -0.2) is 75.3 Å². The molecule has 1 saturated heterocycles. The number of nitrogens with zero attached hydrogens (tertiary/aromatic N) is 6. The Morgan fingerprint density at radius 2 is 1.95 bits per heavy atom. The number of fused-ring (bicyclic) bond motifs is 1. The van der Waals surface area contributed by atoms with Gasteiger partial charge in [0.25, 0.3) is 0 Å². The molecule has 3 heterocycles. The minimum Gasteiger partial charge on any atom is -0.496 e. The van der Waals surface area contributed by atoms with Crippen molar-refractivity contribution < 1.29 is 9.53 Å². The molecule has 0 aliphatic carbocycles. The first-order valence-electron chi connectivity index (χ1n) is 13.3. The third-order valence-corrected chi connectivity index (χ3v) is 6.71. The van der Waals surface area contributed by atoms with Gasteiger partial charge in [-0.25, -0.2) is 4.98 Å². The molecular formula is C27H40N8O2. The van der Waals surface area contributed by atoms with Crippen LogP contribution in [0.1, 0.15) is 51.2 Å². The van der Waals surface area contributed by atoms with Crippen molar-refractivity contribution in [1.29, 1.82) is 0 Å². The van der Waals surface area contributed by atoms with Crippen molar-refractivity contribution in [1.82, 2.24) is 29.5 Å². The number of amides is 1. The third kappa shape index (κ3) is 6.68. The summed E-state index contributed by atoms with van der Waals surface area (Å²) >= 11 is 0. The van der Waals surface area contributed by atoms with Gasteiger partial charge in [-0.3, -0.25) is 14.4 Å². The lowest BCUT2D eigenvalue weighted by atomic mass is 10.1. The van der Waals surface area contributed by atoms with Crippen molar-refractivity contribution in [2.24, 2.45) is 5.92 Å². The second-order valence-corrected chi connectivity index (χ2v) is 10.1. The van der Waals surface area contributed by atoms with Gasteiger partial charge in [-0.15, -0.1) is 0 Å². The molecule has 0 unspecified atom stereocenters. The highest BCUT2D eigenvalue weighted by Gasteiger charge is 2.22. The number of hydrogen-bond donors (Lipinski definition) is 2. The monoisotopic (exact) mass is 508 g/mol. The summed E-state index contributed by atoms with van der Waals surface area (Å²) in [5.41, 5.74) is 9.69. The summed E-state index contributed by atoms with van der Waals surface area (Å²) in [4.78, 5) is 25.6. The minimum atomic E-state index is 0.234. The number of piperazine rings is 1. The number of rotatable bonds is 11. The lowest BCUT2D eigenvalue weighted by molar-refractivity contribution is -0.133. The number of nitrogen functional groups attached to an aromatic ring is 1. The van der Waals surface area contributed by atoms with E-state index < -0.39 is 0 Å². The molecule has 1 aliphatic heterocycles. The molecule has 1 aliphatic rings. The highest BCUT2D eigenvalue weighted by Crippen LogP contribution is 2.26. The van der Waals surface area contributed by atoms with Crippen LogP contribution in [0.3, 0.4) is 0 Å². The summed E-state index contributed by atoms with van der Waals surface area (Å²) < 4.78 is 7.67. The maximum absolute atomic E-state index is 12.4. The van der Waals surface area contributed by atoms with E-state index in [0.717, 1.165) is 68.9 Å². The van der Waals surface area contributed by atoms with E-state index in [0.29, 0.717) is 30.2 Å². The van der Waals surface area contributed by atoms with Gasteiger partial charge in [0.05, 0.1) is 19.9 Å². The number of ether oxygens (including phenoxy) is 1. The number of anilines is 2. The number of unbranched alkanes of at least 4 members (excludes halogenated alkanes) is 1. The third-order valence-electron chi connectivity index (χ3n) is 6.71. The fraction of sp³-hybridized carbons (Fsp3) is 0.556. The second-order valence-electron chi connectivity index (χ2n) is 10.1. The van der Waals surface area contributed by atoms with Crippen LogP contribution < -0.4 is 15.8 Å². The molecule has 10 heteroatoms. The minimum absolute atomic E-state index is 0.234. The Hall–Kier alpha value is -3.40. The average Bonchev–Trinajstić information content (AvgIpc) is 3.27. The zero-order valence-corrected chi connectivity index (χ0v) is 22.5. The van der Waals surface area contributed by atoms with E-state index in [1.54, 1.807) is 13.3 Å². The number of carbonyl (C=O) groups excluding carboxylic acids is 1. The molecule has 4 rings (SSSR count). The predicted octanol–water partition coefficient (Wildman–Crippen LogP) is 3.37. The molecule has 2 aromatic heterocycles. The highest BCUT2D eigenvalue weighted by molar-refractivity contribution is 5.86. The summed E-state index contributed by atoms with van der Waals surface area (Å²) in [5, 5.41) is 7.96. The number of nitrogens with two attached hydrogens (primary N) is 1. The van der Waals surface area contributed by atoms with Crippen molar-refractivity contribution in [3.8, 4) is 5.75 Å². The van der Waals surface area contributed by atoms with Crippen LogP contribution in [0.2, 0.25) is 0 Å². The molecule has 3 aromatic rings. The SMILES string of the molecule is CCCCNc1nc(N)nc2cnn(Cc3ccc(CN4CCN(C(=O)CC(C)C)CC4)cc3OC)c12. The van der Waals surface area contributed by atoms with E-state index in [4.69, 9.17) is 10.5 Å². The summed E-state index contributed by atoms with van der Waals surface area (Å²) in [6, 6.07) is 6.35. The Balaban J connectivity index is 1.45. The first kappa shape index (κ1) is 26.7. The Labute approximate surface area is 219 Å². The van der Waals surface area contributed by atoms with E-state index in [1.165, 1.54) is 5.56 Å². The fourth-order valence-corrected chi connectivity index (χ4v) is 4.71. The van der Waals surface area contributed by atoms with E-state index in [1.807, 2.05) is 9.58 Å². The number of benzene rings is 1. The van der Waals surface area contributed by atoms with Crippen LogP contribution in [0, 0.1) is 5.92 Å². The van der Waals surface area contributed by atoms with Crippen LogP contribution in [0.15, 0.2) is 24.4 Å². The average molecular weight is 509 g/mol. The number of methoxy groups -OCH3 is 1. The number of nitrogens with one attached hydrogen (secondary N) is 1. The lowest BCUT2D eigenvalue weighted by Crippen LogP contribution is -2.48. The molecule has 1 amide bonds. The molecule has 0 saturated carbocycles. The number of hydrogen-bond acceptors (Lipinski definition) is 8. The standard InChI is InChI=1S/C27H40N8O2/c1-5-6-9-29-26-25-22(31-27(28)32-26)16-30-35(25)18-21-8-7-20(15-23(21)37-4)17-33-10-12-34(13-11-33)24(36)14-19(2)3/h7-8,15-16,19H,5-6,9-14,17-18H2,1-4H3,(H3,28,29,31,32). The van der Waals surface area contributed by atoms with Crippen LogP contribution in [-0.2, 0) is 17.9 Å². The lowest BCUT2D eigenvalue weighted by Gasteiger charge is -2.35. The van der Waals surface area contributed by atoms with Crippen molar-refractivity contribution in [2.45, 2.75) is 53.1 Å². The van der Waals surface area contributed by atoms with Gasteiger partial charge in [-0.2, -0.15) is 10.1 Å². The molecule has 3 N–H and O–H groups in total. The highest BCUT2D eigenvalue weighted by atomic mass is 16.5.